The molecule has 1 aromatic heterocycles. The lowest BCUT2D eigenvalue weighted by molar-refractivity contribution is 0.442. The van der Waals surface area contributed by atoms with Crippen molar-refractivity contribution in [3.05, 3.63) is 12.3 Å². The summed E-state index contributed by atoms with van der Waals surface area (Å²) in [5.74, 6) is 1.02. The van der Waals surface area contributed by atoms with Crippen LogP contribution in [0, 0.1) is 0 Å². The van der Waals surface area contributed by atoms with Gasteiger partial charge in [0.2, 0.25) is 0 Å². The zero-order valence-electron chi connectivity index (χ0n) is 9.81. The van der Waals surface area contributed by atoms with Gasteiger partial charge in [0.05, 0.1) is 0 Å². The third-order valence-corrected chi connectivity index (χ3v) is 3.54. The molecule has 16 heavy (non-hydrogen) atoms. The van der Waals surface area contributed by atoms with Crippen LogP contribution < -0.4 is 10.2 Å². The molecule has 1 aliphatic heterocycles. The van der Waals surface area contributed by atoms with Crippen molar-refractivity contribution in [2.24, 2.45) is 0 Å². The van der Waals surface area contributed by atoms with Gasteiger partial charge in [-0.05, 0) is 31.7 Å². The van der Waals surface area contributed by atoms with Gasteiger partial charge in [-0.25, -0.2) is 9.97 Å². The van der Waals surface area contributed by atoms with E-state index < -0.39 is 0 Å². The van der Waals surface area contributed by atoms with Gasteiger partial charge in [0, 0.05) is 25.8 Å². The number of anilines is 1. The van der Waals surface area contributed by atoms with Crippen molar-refractivity contribution >= 4 is 17.6 Å². The standard InChI is InChI=1S/C11H18N4S/c1-15(9-4-3-6-12-8-9)10-5-7-13-11(14-10)16-2/h5,7,9,12H,3-4,6,8H2,1-2H3/t9-/m0/s1. The van der Waals surface area contributed by atoms with Crippen molar-refractivity contribution in [2.45, 2.75) is 24.0 Å². The highest BCUT2D eigenvalue weighted by atomic mass is 32.2. The largest absolute Gasteiger partial charge is 0.355 e. The summed E-state index contributed by atoms with van der Waals surface area (Å²) in [6.07, 6.45) is 6.32. The number of nitrogens with zero attached hydrogens (tertiary/aromatic N) is 3. The van der Waals surface area contributed by atoms with Gasteiger partial charge in [0.1, 0.15) is 5.82 Å². The molecule has 1 fully saturated rings. The molecule has 0 bridgehead atoms. The summed E-state index contributed by atoms with van der Waals surface area (Å²) in [6.45, 7) is 2.19. The van der Waals surface area contributed by atoms with Gasteiger partial charge in [-0.2, -0.15) is 0 Å². The number of thioether (sulfide) groups is 1. The molecule has 0 saturated carbocycles. The molecule has 0 amide bonds. The molecule has 2 rings (SSSR count). The van der Waals surface area contributed by atoms with E-state index in [9.17, 15) is 0 Å². The fourth-order valence-corrected chi connectivity index (χ4v) is 2.33. The first kappa shape index (κ1) is 11.7. The van der Waals surface area contributed by atoms with Crippen LogP contribution in [0.15, 0.2) is 17.4 Å². The molecule has 1 saturated heterocycles. The molecule has 4 nitrogen and oxygen atoms in total. The van der Waals surface area contributed by atoms with Crippen molar-refractivity contribution in [3.8, 4) is 0 Å². The Hall–Kier alpha value is -0.810. The zero-order valence-corrected chi connectivity index (χ0v) is 10.6. The van der Waals surface area contributed by atoms with Gasteiger partial charge < -0.3 is 10.2 Å². The number of rotatable bonds is 3. The van der Waals surface area contributed by atoms with Crippen LogP contribution in [-0.2, 0) is 0 Å². The molecule has 1 N–H and O–H groups in total. The van der Waals surface area contributed by atoms with E-state index in [2.05, 4.69) is 27.2 Å². The lowest BCUT2D eigenvalue weighted by Crippen LogP contribution is -2.44. The van der Waals surface area contributed by atoms with Crippen molar-refractivity contribution in [3.63, 3.8) is 0 Å². The Morgan fingerprint density at radius 1 is 1.56 bits per heavy atom. The first-order chi connectivity index (χ1) is 7.81. The van der Waals surface area contributed by atoms with Gasteiger partial charge in [-0.3, -0.25) is 0 Å². The summed E-state index contributed by atoms with van der Waals surface area (Å²) in [5, 5.41) is 4.26. The molecule has 0 aliphatic carbocycles. The fourth-order valence-electron chi connectivity index (χ4n) is 1.98. The molecule has 0 unspecified atom stereocenters. The highest BCUT2D eigenvalue weighted by Crippen LogP contribution is 2.18. The summed E-state index contributed by atoms with van der Waals surface area (Å²) in [7, 11) is 2.12. The molecule has 88 valence electrons. The Kier molecular flexibility index (Phi) is 4.01. The quantitative estimate of drug-likeness (QED) is 0.636. The monoisotopic (exact) mass is 238 g/mol. The van der Waals surface area contributed by atoms with Gasteiger partial charge in [-0.15, -0.1) is 0 Å². The van der Waals surface area contributed by atoms with Gasteiger partial charge in [0.25, 0.3) is 0 Å². The Morgan fingerprint density at radius 3 is 3.12 bits per heavy atom. The molecule has 1 aromatic rings. The molecule has 0 radical (unpaired) electrons. The van der Waals surface area contributed by atoms with E-state index in [1.54, 1.807) is 11.8 Å². The van der Waals surface area contributed by atoms with E-state index >= 15 is 0 Å². The number of nitrogens with one attached hydrogen (secondary N) is 1. The maximum Gasteiger partial charge on any atom is 0.189 e. The van der Waals surface area contributed by atoms with Crippen LogP contribution in [-0.4, -0.2) is 42.4 Å². The van der Waals surface area contributed by atoms with Crippen molar-refractivity contribution in [2.75, 3.05) is 31.3 Å². The van der Waals surface area contributed by atoms with E-state index in [0.29, 0.717) is 6.04 Å². The minimum atomic E-state index is 0.554. The van der Waals surface area contributed by atoms with Crippen LogP contribution in [0.25, 0.3) is 0 Å². The molecule has 2 heterocycles. The van der Waals surface area contributed by atoms with Crippen molar-refractivity contribution < 1.29 is 0 Å². The number of likely N-dealkylation sites (N-methyl/N-ethyl adjacent to an activating group) is 1. The normalized spacial score (nSPS) is 20.8. The number of aromatic nitrogens is 2. The Labute approximate surface area is 101 Å². The van der Waals surface area contributed by atoms with Crippen LogP contribution in [0.4, 0.5) is 5.82 Å². The third-order valence-electron chi connectivity index (χ3n) is 2.98. The minimum absolute atomic E-state index is 0.554. The average Bonchev–Trinajstić information content (AvgIpc) is 2.39. The number of hydrogen-bond donors (Lipinski definition) is 1. The molecular formula is C11H18N4S. The van der Waals surface area contributed by atoms with Gasteiger partial charge in [-0.1, -0.05) is 11.8 Å². The van der Waals surface area contributed by atoms with Crippen LogP contribution in [0.3, 0.4) is 0 Å². The first-order valence-corrected chi connectivity index (χ1v) is 6.84. The molecule has 5 heteroatoms. The Morgan fingerprint density at radius 2 is 2.44 bits per heavy atom. The van der Waals surface area contributed by atoms with Gasteiger partial charge in [0.15, 0.2) is 5.16 Å². The number of hydrogen-bond acceptors (Lipinski definition) is 5. The smallest absolute Gasteiger partial charge is 0.189 e. The summed E-state index contributed by atoms with van der Waals surface area (Å²) in [4.78, 5) is 11.0. The predicted octanol–water partition coefficient (Wildman–Crippen LogP) is 1.39. The van der Waals surface area contributed by atoms with Crippen LogP contribution in [0.1, 0.15) is 12.8 Å². The second-order valence-electron chi connectivity index (χ2n) is 4.01. The molecular weight excluding hydrogens is 220 g/mol. The lowest BCUT2D eigenvalue weighted by Gasteiger charge is -2.32. The maximum absolute atomic E-state index is 4.52. The zero-order chi connectivity index (χ0) is 11.4. The topological polar surface area (TPSA) is 41.1 Å². The molecule has 0 aromatic carbocycles. The van der Waals surface area contributed by atoms with E-state index in [-0.39, 0.29) is 0 Å². The summed E-state index contributed by atoms with van der Waals surface area (Å²) >= 11 is 1.58. The number of piperidine rings is 1. The molecule has 1 atom stereocenters. The highest BCUT2D eigenvalue weighted by Gasteiger charge is 2.18. The second kappa shape index (κ2) is 5.50. The summed E-state index contributed by atoms with van der Waals surface area (Å²) < 4.78 is 0. The van der Waals surface area contributed by atoms with E-state index in [0.717, 1.165) is 24.1 Å². The third kappa shape index (κ3) is 2.65. The first-order valence-electron chi connectivity index (χ1n) is 5.62. The van der Waals surface area contributed by atoms with Crippen LogP contribution >= 0.6 is 11.8 Å². The van der Waals surface area contributed by atoms with Crippen molar-refractivity contribution in [1.29, 1.82) is 0 Å². The second-order valence-corrected chi connectivity index (χ2v) is 4.79. The van der Waals surface area contributed by atoms with E-state index in [4.69, 9.17) is 0 Å². The summed E-state index contributed by atoms with van der Waals surface area (Å²) in [5.41, 5.74) is 0. The maximum atomic E-state index is 4.52. The SMILES string of the molecule is CSc1nccc(N(C)[C@H]2CCCNC2)n1. The van der Waals surface area contributed by atoms with Crippen LogP contribution in [0.2, 0.25) is 0 Å². The van der Waals surface area contributed by atoms with Crippen molar-refractivity contribution in [1.82, 2.24) is 15.3 Å². The average molecular weight is 238 g/mol. The van der Waals surface area contributed by atoms with E-state index in [1.807, 2.05) is 18.5 Å². The lowest BCUT2D eigenvalue weighted by atomic mass is 10.1. The Balaban J connectivity index is 2.09. The highest BCUT2D eigenvalue weighted by molar-refractivity contribution is 7.98. The van der Waals surface area contributed by atoms with Crippen LogP contribution in [0.5, 0.6) is 0 Å². The summed E-state index contributed by atoms with van der Waals surface area (Å²) in [6, 6.07) is 2.53. The molecule has 1 aliphatic rings. The molecule has 0 spiro atoms. The predicted molar refractivity (Wildman–Crippen MR) is 68.1 cm³/mol. The van der Waals surface area contributed by atoms with Gasteiger partial charge >= 0.3 is 0 Å². The minimum Gasteiger partial charge on any atom is -0.355 e. The Bertz CT molecular complexity index is 339. The fraction of sp³-hybridized carbons (Fsp3) is 0.636. The van der Waals surface area contributed by atoms with E-state index in [1.165, 1.54) is 12.8 Å².